The number of aliphatic hydroxyl groups is 5. The van der Waals surface area contributed by atoms with E-state index < -0.39 is 37.3 Å². The zero-order valence-electron chi connectivity index (χ0n) is 13.2. The Labute approximate surface area is 134 Å². The standard InChI is InChI=1S/C16H24O7/c1-8(2)10-4-3-9(6-17)5-11(10)22-16-15(21)14(20)13(19)12(7-18)23-16/h3-5,8,12-21H,6-7H2,1-2H3/t12-,13-,14+,15-,16-/m1/s1. The van der Waals surface area contributed by atoms with Crippen molar-refractivity contribution in [1.29, 1.82) is 0 Å². The summed E-state index contributed by atoms with van der Waals surface area (Å²) >= 11 is 0. The molecular formula is C16H24O7. The molecule has 0 radical (unpaired) electrons. The van der Waals surface area contributed by atoms with E-state index in [0.717, 1.165) is 5.56 Å². The van der Waals surface area contributed by atoms with E-state index in [4.69, 9.17) is 9.47 Å². The van der Waals surface area contributed by atoms with Crippen molar-refractivity contribution in [3.8, 4) is 5.75 Å². The molecule has 0 unspecified atom stereocenters. The maximum absolute atomic E-state index is 10.0. The van der Waals surface area contributed by atoms with Crippen LogP contribution in [0.3, 0.4) is 0 Å². The smallest absolute Gasteiger partial charge is 0.229 e. The van der Waals surface area contributed by atoms with Gasteiger partial charge in [0.05, 0.1) is 13.2 Å². The van der Waals surface area contributed by atoms with Crippen molar-refractivity contribution in [3.63, 3.8) is 0 Å². The fourth-order valence-corrected chi connectivity index (χ4v) is 2.55. The van der Waals surface area contributed by atoms with E-state index in [9.17, 15) is 25.5 Å². The monoisotopic (exact) mass is 328 g/mol. The maximum atomic E-state index is 10.0. The first kappa shape index (κ1) is 18.1. The third-order valence-electron chi connectivity index (χ3n) is 3.97. The number of rotatable bonds is 5. The molecule has 1 fully saturated rings. The van der Waals surface area contributed by atoms with Crippen LogP contribution in [0.4, 0.5) is 0 Å². The maximum Gasteiger partial charge on any atom is 0.229 e. The predicted molar refractivity (Wildman–Crippen MR) is 80.8 cm³/mol. The number of hydrogen-bond donors (Lipinski definition) is 5. The molecule has 1 saturated heterocycles. The summed E-state index contributed by atoms with van der Waals surface area (Å²) in [4.78, 5) is 0. The lowest BCUT2D eigenvalue weighted by Gasteiger charge is -2.39. The first-order valence-corrected chi connectivity index (χ1v) is 7.59. The fraction of sp³-hybridized carbons (Fsp3) is 0.625. The molecule has 0 bridgehead atoms. The molecule has 0 aromatic heterocycles. The minimum absolute atomic E-state index is 0.127. The van der Waals surface area contributed by atoms with Crippen LogP contribution < -0.4 is 4.74 Å². The second kappa shape index (κ2) is 7.57. The van der Waals surface area contributed by atoms with Crippen molar-refractivity contribution in [2.45, 2.75) is 57.1 Å². The predicted octanol–water partition coefficient (Wildman–Crippen LogP) is -0.519. The van der Waals surface area contributed by atoms with Gasteiger partial charge in [-0.25, -0.2) is 0 Å². The van der Waals surface area contributed by atoms with E-state index in [1.165, 1.54) is 0 Å². The molecule has 0 saturated carbocycles. The minimum Gasteiger partial charge on any atom is -0.462 e. The van der Waals surface area contributed by atoms with Gasteiger partial charge < -0.3 is 35.0 Å². The second-order valence-electron chi connectivity index (χ2n) is 6.00. The van der Waals surface area contributed by atoms with Gasteiger partial charge in [0.15, 0.2) is 0 Å². The van der Waals surface area contributed by atoms with Crippen LogP contribution in [-0.2, 0) is 11.3 Å². The Balaban J connectivity index is 2.26. The average Bonchev–Trinajstić information content (AvgIpc) is 2.54. The Bertz CT molecular complexity index is 517. The molecule has 7 heteroatoms. The molecule has 1 aromatic carbocycles. The fourth-order valence-electron chi connectivity index (χ4n) is 2.55. The van der Waals surface area contributed by atoms with Gasteiger partial charge in [-0.15, -0.1) is 0 Å². The van der Waals surface area contributed by atoms with Crippen LogP contribution in [0.15, 0.2) is 18.2 Å². The van der Waals surface area contributed by atoms with Crippen LogP contribution >= 0.6 is 0 Å². The summed E-state index contributed by atoms with van der Waals surface area (Å²) in [7, 11) is 0. The lowest BCUT2D eigenvalue weighted by molar-refractivity contribution is -0.277. The Hall–Kier alpha value is -1.22. The van der Waals surface area contributed by atoms with Crippen molar-refractivity contribution >= 4 is 0 Å². The Morgan fingerprint density at radius 3 is 2.35 bits per heavy atom. The molecule has 1 aromatic rings. The van der Waals surface area contributed by atoms with E-state index in [2.05, 4.69) is 0 Å². The third-order valence-corrected chi connectivity index (χ3v) is 3.97. The van der Waals surface area contributed by atoms with Crippen LogP contribution in [0.25, 0.3) is 0 Å². The van der Waals surface area contributed by atoms with Crippen LogP contribution in [-0.4, -0.2) is 62.8 Å². The molecule has 1 aliphatic heterocycles. The van der Waals surface area contributed by atoms with E-state index in [0.29, 0.717) is 11.3 Å². The molecule has 23 heavy (non-hydrogen) atoms. The van der Waals surface area contributed by atoms with Gasteiger partial charge in [-0.3, -0.25) is 0 Å². The van der Waals surface area contributed by atoms with Gasteiger partial charge >= 0.3 is 0 Å². The molecule has 130 valence electrons. The third kappa shape index (κ3) is 3.82. The second-order valence-corrected chi connectivity index (χ2v) is 6.00. The normalized spacial score (nSPS) is 31.4. The highest BCUT2D eigenvalue weighted by atomic mass is 16.7. The van der Waals surface area contributed by atoms with Gasteiger partial charge in [-0.2, -0.15) is 0 Å². The largest absolute Gasteiger partial charge is 0.462 e. The molecule has 0 aliphatic carbocycles. The molecule has 5 atom stereocenters. The van der Waals surface area contributed by atoms with Crippen molar-refractivity contribution in [2.24, 2.45) is 0 Å². The number of ether oxygens (including phenoxy) is 2. The Morgan fingerprint density at radius 1 is 1.09 bits per heavy atom. The minimum atomic E-state index is -1.49. The molecule has 1 heterocycles. The Kier molecular flexibility index (Phi) is 5.96. The van der Waals surface area contributed by atoms with Gasteiger partial charge in [-0.1, -0.05) is 26.0 Å². The first-order valence-electron chi connectivity index (χ1n) is 7.59. The van der Waals surface area contributed by atoms with Crippen LogP contribution in [0.5, 0.6) is 5.75 Å². The van der Waals surface area contributed by atoms with Crippen molar-refractivity contribution < 1.29 is 35.0 Å². The molecule has 0 spiro atoms. The zero-order valence-corrected chi connectivity index (χ0v) is 13.2. The molecule has 2 rings (SSSR count). The molecule has 1 aliphatic rings. The van der Waals surface area contributed by atoms with E-state index in [1.807, 2.05) is 19.9 Å². The Morgan fingerprint density at radius 2 is 1.78 bits per heavy atom. The summed E-state index contributed by atoms with van der Waals surface area (Å²) < 4.78 is 11.0. The topological polar surface area (TPSA) is 120 Å². The average molecular weight is 328 g/mol. The molecular weight excluding hydrogens is 304 g/mol. The number of hydrogen-bond acceptors (Lipinski definition) is 7. The van der Waals surface area contributed by atoms with Crippen LogP contribution in [0, 0.1) is 0 Å². The summed E-state index contributed by atoms with van der Waals surface area (Å²) in [5.74, 6) is 0.540. The van der Waals surface area contributed by atoms with Crippen molar-refractivity contribution in [1.82, 2.24) is 0 Å². The summed E-state index contributed by atoms with van der Waals surface area (Å²) in [6.45, 7) is 3.25. The van der Waals surface area contributed by atoms with E-state index in [-0.39, 0.29) is 12.5 Å². The summed E-state index contributed by atoms with van der Waals surface area (Å²) in [6.07, 6.45) is -6.65. The lowest BCUT2D eigenvalue weighted by Crippen LogP contribution is -2.60. The highest BCUT2D eigenvalue weighted by Crippen LogP contribution is 2.31. The van der Waals surface area contributed by atoms with E-state index in [1.54, 1.807) is 12.1 Å². The van der Waals surface area contributed by atoms with E-state index >= 15 is 0 Å². The van der Waals surface area contributed by atoms with Gasteiger partial charge in [0.1, 0.15) is 30.2 Å². The lowest BCUT2D eigenvalue weighted by atomic mass is 9.98. The first-order chi connectivity index (χ1) is 10.9. The van der Waals surface area contributed by atoms with Gasteiger partial charge in [-0.05, 0) is 23.1 Å². The number of benzene rings is 1. The molecule has 7 nitrogen and oxygen atoms in total. The van der Waals surface area contributed by atoms with Crippen molar-refractivity contribution in [2.75, 3.05) is 6.61 Å². The summed E-state index contributed by atoms with van der Waals surface area (Å²) in [6, 6.07) is 5.22. The van der Waals surface area contributed by atoms with Crippen molar-refractivity contribution in [3.05, 3.63) is 29.3 Å². The SMILES string of the molecule is CC(C)c1ccc(CO)cc1O[C@@H]1O[C@H](CO)[C@@H](O)[C@H](O)[C@H]1O. The summed E-state index contributed by atoms with van der Waals surface area (Å²) in [5.41, 5.74) is 1.48. The van der Waals surface area contributed by atoms with Gasteiger partial charge in [0.25, 0.3) is 0 Å². The molecule has 0 amide bonds. The van der Waals surface area contributed by atoms with Crippen LogP contribution in [0.1, 0.15) is 30.9 Å². The quantitative estimate of drug-likeness (QED) is 0.493. The highest BCUT2D eigenvalue weighted by molar-refractivity contribution is 5.39. The number of aliphatic hydroxyl groups excluding tert-OH is 5. The van der Waals surface area contributed by atoms with Gasteiger partial charge in [0.2, 0.25) is 6.29 Å². The zero-order chi connectivity index (χ0) is 17.1. The molecule has 5 N–H and O–H groups in total. The summed E-state index contributed by atoms with van der Waals surface area (Å²) in [5, 5.41) is 48.1. The van der Waals surface area contributed by atoms with Gasteiger partial charge in [0, 0.05) is 0 Å². The highest BCUT2D eigenvalue weighted by Gasteiger charge is 2.44. The van der Waals surface area contributed by atoms with Crippen LogP contribution in [0.2, 0.25) is 0 Å².